The second-order valence-corrected chi connectivity index (χ2v) is 7.09. The Morgan fingerprint density at radius 2 is 2.42 bits per heavy atom. The average molecular weight is 343 g/mol. The maximum Gasteiger partial charge on any atom is 0.257 e. The number of thiophene rings is 1. The number of aromatic nitrogens is 2. The summed E-state index contributed by atoms with van der Waals surface area (Å²) in [6.07, 6.45) is 0. The third kappa shape index (κ3) is 3.05. The highest BCUT2D eigenvalue weighted by Crippen LogP contribution is 2.30. The first-order chi connectivity index (χ1) is 9.22. The molecular weight excluding hydrogens is 328 g/mol. The highest BCUT2D eigenvalue weighted by atomic mass is 79.9. The van der Waals surface area contributed by atoms with Crippen LogP contribution in [0, 0.1) is 0 Å². The second-order valence-electron chi connectivity index (χ2n) is 4.63. The van der Waals surface area contributed by atoms with Crippen LogP contribution >= 0.6 is 27.3 Å². The van der Waals surface area contributed by atoms with Crippen molar-refractivity contribution in [1.82, 2.24) is 20.4 Å². The number of nitrogens with zero attached hydrogens (tertiary/aromatic N) is 3. The van der Waals surface area contributed by atoms with Crippen molar-refractivity contribution in [2.45, 2.75) is 19.5 Å². The highest BCUT2D eigenvalue weighted by Gasteiger charge is 2.20. The summed E-state index contributed by atoms with van der Waals surface area (Å²) in [5, 5.41) is 11.6. The van der Waals surface area contributed by atoms with E-state index in [1.165, 1.54) is 0 Å². The zero-order valence-electron chi connectivity index (χ0n) is 10.6. The molecule has 0 saturated carbocycles. The van der Waals surface area contributed by atoms with Gasteiger partial charge in [0, 0.05) is 25.7 Å². The van der Waals surface area contributed by atoms with Gasteiger partial charge in [0.1, 0.15) is 0 Å². The first kappa shape index (κ1) is 13.2. The minimum absolute atomic E-state index is 0.500. The van der Waals surface area contributed by atoms with Crippen LogP contribution in [0.25, 0.3) is 10.8 Å². The van der Waals surface area contributed by atoms with Gasteiger partial charge in [0.05, 0.1) is 15.2 Å². The Morgan fingerprint density at radius 3 is 3.16 bits per heavy atom. The predicted molar refractivity (Wildman–Crippen MR) is 78.1 cm³/mol. The van der Waals surface area contributed by atoms with Gasteiger partial charge in [0.2, 0.25) is 5.89 Å². The van der Waals surface area contributed by atoms with E-state index >= 15 is 0 Å². The molecule has 1 unspecified atom stereocenters. The summed E-state index contributed by atoms with van der Waals surface area (Å²) >= 11 is 5.03. The maximum atomic E-state index is 5.74. The molecule has 3 rings (SSSR count). The van der Waals surface area contributed by atoms with Crippen LogP contribution < -0.4 is 5.32 Å². The van der Waals surface area contributed by atoms with Crippen molar-refractivity contribution in [3.05, 3.63) is 21.8 Å². The molecule has 5 nitrogen and oxygen atoms in total. The fraction of sp³-hybridized carbons (Fsp3) is 0.500. The highest BCUT2D eigenvalue weighted by molar-refractivity contribution is 9.11. The molecule has 19 heavy (non-hydrogen) atoms. The van der Waals surface area contributed by atoms with E-state index in [4.69, 9.17) is 4.42 Å². The Bertz CT molecular complexity index is 555. The SMILES string of the molecule is CC1CNCCN1Cc1nnc(-c2ccc(Br)s2)o1. The summed E-state index contributed by atoms with van der Waals surface area (Å²) in [5.41, 5.74) is 0. The van der Waals surface area contributed by atoms with E-state index in [0.29, 0.717) is 17.8 Å². The molecule has 2 aromatic heterocycles. The topological polar surface area (TPSA) is 54.2 Å². The first-order valence-corrected chi connectivity index (χ1v) is 7.86. The first-order valence-electron chi connectivity index (χ1n) is 6.25. The molecule has 0 amide bonds. The molecule has 1 fully saturated rings. The van der Waals surface area contributed by atoms with Gasteiger partial charge >= 0.3 is 0 Å². The van der Waals surface area contributed by atoms with Crippen LogP contribution in [-0.4, -0.2) is 40.8 Å². The standard InChI is InChI=1S/C12H15BrN4OS/c1-8-6-14-4-5-17(8)7-11-15-16-12(18-11)9-2-3-10(13)19-9/h2-3,8,14H,4-7H2,1H3. The fourth-order valence-corrected chi connectivity index (χ4v) is 3.45. The van der Waals surface area contributed by atoms with Gasteiger partial charge < -0.3 is 9.73 Å². The summed E-state index contributed by atoms with van der Waals surface area (Å²) in [7, 11) is 0. The third-order valence-corrected chi connectivity index (χ3v) is 4.84. The Hall–Kier alpha value is -0.760. The average Bonchev–Trinajstić information content (AvgIpc) is 3.01. The number of hydrogen-bond donors (Lipinski definition) is 1. The van der Waals surface area contributed by atoms with Gasteiger partial charge in [-0.1, -0.05) is 0 Å². The van der Waals surface area contributed by atoms with Gasteiger partial charge in [-0.3, -0.25) is 4.90 Å². The maximum absolute atomic E-state index is 5.74. The number of piperazine rings is 1. The van der Waals surface area contributed by atoms with E-state index in [1.807, 2.05) is 12.1 Å². The molecule has 0 spiro atoms. The normalized spacial score (nSPS) is 20.8. The molecule has 7 heteroatoms. The molecule has 0 aromatic carbocycles. The minimum atomic E-state index is 0.500. The monoisotopic (exact) mass is 342 g/mol. The summed E-state index contributed by atoms with van der Waals surface area (Å²) in [6.45, 7) is 5.98. The third-order valence-electron chi connectivity index (χ3n) is 3.23. The zero-order valence-corrected chi connectivity index (χ0v) is 13.0. The lowest BCUT2D eigenvalue weighted by Crippen LogP contribution is -2.49. The molecule has 1 saturated heterocycles. The second kappa shape index (κ2) is 5.70. The van der Waals surface area contributed by atoms with Gasteiger partial charge in [0.15, 0.2) is 0 Å². The number of halogens is 1. The lowest BCUT2D eigenvalue weighted by Gasteiger charge is -2.32. The molecule has 1 aliphatic rings. The van der Waals surface area contributed by atoms with Gasteiger partial charge in [-0.25, -0.2) is 0 Å². The zero-order chi connectivity index (χ0) is 13.2. The van der Waals surface area contributed by atoms with Crippen LogP contribution in [0.3, 0.4) is 0 Å². The van der Waals surface area contributed by atoms with Crippen molar-refractivity contribution in [3.63, 3.8) is 0 Å². The molecule has 1 aliphatic heterocycles. The van der Waals surface area contributed by atoms with Crippen LogP contribution in [0.2, 0.25) is 0 Å². The van der Waals surface area contributed by atoms with Crippen LogP contribution in [0.1, 0.15) is 12.8 Å². The Morgan fingerprint density at radius 1 is 1.53 bits per heavy atom. The molecule has 0 aliphatic carbocycles. The molecular formula is C12H15BrN4OS. The number of hydrogen-bond acceptors (Lipinski definition) is 6. The van der Waals surface area contributed by atoms with Crippen LogP contribution in [-0.2, 0) is 6.54 Å². The van der Waals surface area contributed by atoms with E-state index in [9.17, 15) is 0 Å². The lowest BCUT2D eigenvalue weighted by atomic mass is 10.2. The molecule has 0 bridgehead atoms. The van der Waals surface area contributed by atoms with E-state index in [0.717, 1.165) is 34.8 Å². The molecule has 0 radical (unpaired) electrons. The van der Waals surface area contributed by atoms with Crippen molar-refractivity contribution >= 4 is 27.3 Å². The van der Waals surface area contributed by atoms with E-state index < -0.39 is 0 Å². The smallest absolute Gasteiger partial charge is 0.257 e. The Kier molecular flexibility index (Phi) is 3.97. The predicted octanol–water partition coefficient (Wildman–Crippen LogP) is 2.35. The molecule has 3 heterocycles. The molecule has 1 N–H and O–H groups in total. The molecule has 102 valence electrons. The van der Waals surface area contributed by atoms with Crippen molar-refractivity contribution < 1.29 is 4.42 Å². The van der Waals surface area contributed by atoms with Crippen LogP contribution in [0.5, 0.6) is 0 Å². The van der Waals surface area contributed by atoms with E-state index in [2.05, 4.69) is 43.3 Å². The van der Waals surface area contributed by atoms with E-state index in [1.54, 1.807) is 11.3 Å². The number of nitrogens with one attached hydrogen (secondary N) is 1. The van der Waals surface area contributed by atoms with Gasteiger partial charge in [0.25, 0.3) is 5.89 Å². The Balaban J connectivity index is 1.71. The van der Waals surface area contributed by atoms with Crippen molar-refractivity contribution in [2.75, 3.05) is 19.6 Å². The Labute approximate surface area is 124 Å². The van der Waals surface area contributed by atoms with Gasteiger partial charge in [-0.15, -0.1) is 21.5 Å². The van der Waals surface area contributed by atoms with Crippen molar-refractivity contribution in [2.24, 2.45) is 0 Å². The minimum Gasteiger partial charge on any atom is -0.419 e. The summed E-state index contributed by atoms with van der Waals surface area (Å²) in [4.78, 5) is 3.36. The lowest BCUT2D eigenvalue weighted by molar-refractivity contribution is 0.151. The van der Waals surface area contributed by atoms with E-state index in [-0.39, 0.29) is 0 Å². The van der Waals surface area contributed by atoms with Crippen molar-refractivity contribution in [3.8, 4) is 10.8 Å². The summed E-state index contributed by atoms with van der Waals surface area (Å²) in [5.74, 6) is 1.29. The summed E-state index contributed by atoms with van der Waals surface area (Å²) < 4.78 is 6.81. The molecule has 1 atom stereocenters. The number of rotatable bonds is 3. The fourth-order valence-electron chi connectivity index (χ4n) is 2.14. The largest absolute Gasteiger partial charge is 0.419 e. The van der Waals surface area contributed by atoms with Crippen molar-refractivity contribution in [1.29, 1.82) is 0 Å². The van der Waals surface area contributed by atoms with Crippen LogP contribution in [0.4, 0.5) is 0 Å². The summed E-state index contributed by atoms with van der Waals surface area (Å²) in [6, 6.07) is 4.47. The van der Waals surface area contributed by atoms with Crippen LogP contribution in [0.15, 0.2) is 20.3 Å². The van der Waals surface area contributed by atoms with Gasteiger partial charge in [-0.2, -0.15) is 0 Å². The van der Waals surface area contributed by atoms with Gasteiger partial charge in [-0.05, 0) is 35.0 Å². The quantitative estimate of drug-likeness (QED) is 0.927. The molecule has 2 aromatic rings.